The highest BCUT2D eigenvalue weighted by Crippen LogP contribution is 2.28. The molecule has 3 heterocycles. The molecule has 0 bridgehead atoms. The van der Waals surface area contributed by atoms with Gasteiger partial charge in [-0.3, -0.25) is 14.6 Å². The summed E-state index contributed by atoms with van der Waals surface area (Å²) in [6.07, 6.45) is 4.60. The van der Waals surface area contributed by atoms with Gasteiger partial charge in [0.1, 0.15) is 5.69 Å². The molecule has 100 valence electrons. The minimum Gasteiger partial charge on any atom is -0.337 e. The molecule has 19 heavy (non-hydrogen) atoms. The smallest absolute Gasteiger partial charge is 0.274 e. The van der Waals surface area contributed by atoms with Gasteiger partial charge in [0.15, 0.2) is 0 Å². The maximum atomic E-state index is 12.3. The second-order valence-corrected chi connectivity index (χ2v) is 5.08. The molecule has 0 aliphatic carbocycles. The molecule has 6 heteroatoms. The number of likely N-dealkylation sites (tertiary alicyclic amines) is 1. The van der Waals surface area contributed by atoms with Crippen molar-refractivity contribution in [3.05, 3.63) is 35.4 Å². The van der Waals surface area contributed by atoms with E-state index in [1.54, 1.807) is 16.9 Å². The van der Waals surface area contributed by atoms with E-state index >= 15 is 0 Å². The first kappa shape index (κ1) is 12.0. The molecule has 0 aromatic carbocycles. The third-order valence-corrected chi connectivity index (χ3v) is 3.68. The van der Waals surface area contributed by atoms with Crippen molar-refractivity contribution in [2.45, 2.75) is 19.3 Å². The zero-order valence-corrected chi connectivity index (χ0v) is 11.1. The summed E-state index contributed by atoms with van der Waals surface area (Å²) in [6, 6.07) is 1.76. The zero-order chi connectivity index (χ0) is 13.4. The molecule has 2 aromatic rings. The van der Waals surface area contributed by atoms with Crippen LogP contribution in [0.15, 0.2) is 18.5 Å². The molecule has 1 aliphatic heterocycles. The fourth-order valence-electron chi connectivity index (χ4n) is 2.64. The van der Waals surface area contributed by atoms with Crippen LogP contribution in [0.2, 0.25) is 0 Å². The number of carbonyl (C=O) groups excluding carboxylic acids is 1. The Bertz CT molecular complexity index is 600. The number of aryl methyl sites for hydroxylation is 2. The fraction of sp³-hybridized carbons (Fsp3) is 0.462. The number of aromatic nitrogens is 4. The topological polar surface area (TPSA) is 66.8 Å². The van der Waals surface area contributed by atoms with E-state index < -0.39 is 0 Å². The Kier molecular flexibility index (Phi) is 2.85. The number of aromatic amines is 1. The molecule has 0 spiro atoms. The molecule has 6 nitrogen and oxygen atoms in total. The lowest BCUT2D eigenvalue weighted by Gasteiger charge is -2.15. The summed E-state index contributed by atoms with van der Waals surface area (Å²) < 4.78 is 1.65. The van der Waals surface area contributed by atoms with Crippen LogP contribution in [-0.2, 0) is 7.05 Å². The predicted molar refractivity (Wildman–Crippen MR) is 69.8 cm³/mol. The van der Waals surface area contributed by atoms with E-state index in [2.05, 4.69) is 15.3 Å². The molecule has 1 saturated heterocycles. The Hall–Kier alpha value is -2.11. The fourth-order valence-corrected chi connectivity index (χ4v) is 2.64. The summed E-state index contributed by atoms with van der Waals surface area (Å²) in [5.74, 6) is 0.371. The van der Waals surface area contributed by atoms with Gasteiger partial charge in [0.25, 0.3) is 5.91 Å². The maximum Gasteiger partial charge on any atom is 0.274 e. The summed E-state index contributed by atoms with van der Waals surface area (Å²) in [6.45, 7) is 3.55. The standard InChI is InChI=1S/C13H17N5O/c1-9-7-14-15-12(9)10-3-6-18(8-10)13(19)11-4-5-17(2)16-11/h4-5,7,10H,3,6,8H2,1-2H3,(H,14,15). The number of nitrogens with one attached hydrogen (secondary N) is 1. The van der Waals surface area contributed by atoms with Crippen LogP contribution in [0, 0.1) is 6.92 Å². The van der Waals surface area contributed by atoms with Gasteiger partial charge in [0.2, 0.25) is 0 Å². The zero-order valence-electron chi connectivity index (χ0n) is 11.1. The van der Waals surface area contributed by atoms with Crippen molar-refractivity contribution in [1.82, 2.24) is 24.9 Å². The third kappa shape index (κ3) is 2.14. The van der Waals surface area contributed by atoms with Crippen molar-refractivity contribution >= 4 is 5.91 Å². The van der Waals surface area contributed by atoms with E-state index in [4.69, 9.17) is 0 Å². The molecular formula is C13H17N5O. The lowest BCUT2D eigenvalue weighted by molar-refractivity contribution is 0.0784. The van der Waals surface area contributed by atoms with Crippen molar-refractivity contribution in [3.63, 3.8) is 0 Å². The summed E-state index contributed by atoms with van der Waals surface area (Å²) in [5, 5.41) is 11.3. The van der Waals surface area contributed by atoms with Gasteiger partial charge in [-0.15, -0.1) is 0 Å². The molecule has 1 N–H and O–H groups in total. The highest BCUT2D eigenvalue weighted by atomic mass is 16.2. The molecule has 1 aliphatic rings. The van der Waals surface area contributed by atoms with Crippen molar-refractivity contribution < 1.29 is 4.79 Å². The monoisotopic (exact) mass is 259 g/mol. The van der Waals surface area contributed by atoms with Gasteiger partial charge in [0.05, 0.1) is 6.20 Å². The molecule has 1 fully saturated rings. The average Bonchev–Trinajstić information content (AvgIpc) is 3.08. The minimum atomic E-state index is 0.0141. The van der Waals surface area contributed by atoms with Crippen molar-refractivity contribution in [2.75, 3.05) is 13.1 Å². The molecule has 1 amide bonds. The van der Waals surface area contributed by atoms with E-state index in [1.807, 2.05) is 25.1 Å². The maximum absolute atomic E-state index is 12.3. The SMILES string of the molecule is Cc1cn[nH]c1C1CCN(C(=O)c2ccn(C)n2)C1. The molecule has 3 rings (SSSR count). The first-order valence-electron chi connectivity index (χ1n) is 6.44. The number of rotatable bonds is 2. The molecule has 1 unspecified atom stereocenters. The van der Waals surface area contributed by atoms with E-state index in [-0.39, 0.29) is 5.91 Å². The van der Waals surface area contributed by atoms with Crippen molar-refractivity contribution in [1.29, 1.82) is 0 Å². The van der Waals surface area contributed by atoms with Gasteiger partial charge in [-0.1, -0.05) is 0 Å². The Labute approximate surface area is 111 Å². The van der Waals surface area contributed by atoms with Crippen LogP contribution < -0.4 is 0 Å². The Balaban J connectivity index is 1.72. The van der Waals surface area contributed by atoms with Crippen LogP contribution in [-0.4, -0.2) is 43.9 Å². The minimum absolute atomic E-state index is 0.0141. The summed E-state index contributed by atoms with van der Waals surface area (Å²) >= 11 is 0. The Morgan fingerprint density at radius 2 is 2.37 bits per heavy atom. The number of hydrogen-bond acceptors (Lipinski definition) is 3. The second-order valence-electron chi connectivity index (χ2n) is 5.08. The third-order valence-electron chi connectivity index (χ3n) is 3.68. The summed E-state index contributed by atoms with van der Waals surface area (Å²) in [4.78, 5) is 14.2. The average molecular weight is 259 g/mol. The lowest BCUT2D eigenvalue weighted by atomic mass is 10.0. The van der Waals surface area contributed by atoms with Gasteiger partial charge in [-0.05, 0) is 25.0 Å². The van der Waals surface area contributed by atoms with E-state index in [0.29, 0.717) is 11.6 Å². The summed E-state index contributed by atoms with van der Waals surface area (Å²) in [5.41, 5.74) is 2.83. The molecule has 0 radical (unpaired) electrons. The first-order valence-corrected chi connectivity index (χ1v) is 6.44. The van der Waals surface area contributed by atoms with Gasteiger partial charge in [-0.25, -0.2) is 0 Å². The van der Waals surface area contributed by atoms with Crippen LogP contribution in [0.3, 0.4) is 0 Å². The highest BCUT2D eigenvalue weighted by molar-refractivity contribution is 5.92. The summed E-state index contributed by atoms with van der Waals surface area (Å²) in [7, 11) is 1.82. The highest BCUT2D eigenvalue weighted by Gasteiger charge is 2.30. The van der Waals surface area contributed by atoms with Crippen LogP contribution in [0.5, 0.6) is 0 Å². The van der Waals surface area contributed by atoms with Crippen LogP contribution in [0.4, 0.5) is 0 Å². The second kappa shape index (κ2) is 4.53. The molecule has 1 atom stereocenters. The number of H-pyrrole nitrogens is 1. The Morgan fingerprint density at radius 1 is 1.53 bits per heavy atom. The predicted octanol–water partition coefficient (Wildman–Crippen LogP) is 1.08. The quantitative estimate of drug-likeness (QED) is 0.877. The molecular weight excluding hydrogens is 242 g/mol. The number of carbonyl (C=O) groups is 1. The number of hydrogen-bond donors (Lipinski definition) is 1. The lowest BCUT2D eigenvalue weighted by Crippen LogP contribution is -2.29. The van der Waals surface area contributed by atoms with Crippen LogP contribution in [0.25, 0.3) is 0 Å². The van der Waals surface area contributed by atoms with E-state index in [0.717, 1.165) is 30.8 Å². The van der Waals surface area contributed by atoms with Gasteiger partial charge >= 0.3 is 0 Å². The van der Waals surface area contributed by atoms with E-state index in [1.165, 1.54) is 0 Å². The largest absolute Gasteiger partial charge is 0.337 e. The van der Waals surface area contributed by atoms with Gasteiger partial charge in [0, 0.05) is 37.9 Å². The Morgan fingerprint density at radius 3 is 3.00 bits per heavy atom. The number of amides is 1. The van der Waals surface area contributed by atoms with Gasteiger partial charge < -0.3 is 4.90 Å². The normalized spacial score (nSPS) is 19.1. The number of nitrogens with zero attached hydrogens (tertiary/aromatic N) is 4. The molecule has 0 saturated carbocycles. The van der Waals surface area contributed by atoms with Gasteiger partial charge in [-0.2, -0.15) is 10.2 Å². The molecule has 2 aromatic heterocycles. The van der Waals surface area contributed by atoms with E-state index in [9.17, 15) is 4.79 Å². The first-order chi connectivity index (χ1) is 9.15. The van der Waals surface area contributed by atoms with Crippen molar-refractivity contribution in [3.8, 4) is 0 Å². The van der Waals surface area contributed by atoms with Crippen molar-refractivity contribution in [2.24, 2.45) is 7.05 Å². The van der Waals surface area contributed by atoms with Crippen LogP contribution >= 0.6 is 0 Å². The van der Waals surface area contributed by atoms with Crippen LogP contribution in [0.1, 0.15) is 34.1 Å².